The topological polar surface area (TPSA) is 56.2 Å². The average molecular weight is 392 g/mol. The first-order valence-corrected chi connectivity index (χ1v) is 10.0. The van der Waals surface area contributed by atoms with Crippen LogP contribution in [0.5, 0.6) is 5.75 Å². The number of nitrogens with one attached hydrogen (secondary N) is 1. The lowest BCUT2D eigenvalue weighted by molar-refractivity contribution is -0.118. The van der Waals surface area contributed by atoms with Gasteiger partial charge in [0.1, 0.15) is 18.2 Å². The van der Waals surface area contributed by atoms with E-state index in [1.54, 1.807) is 6.92 Å². The molecule has 0 spiro atoms. The monoisotopic (exact) mass is 391 g/mol. The van der Waals surface area contributed by atoms with Gasteiger partial charge in [-0.3, -0.25) is 4.79 Å². The Morgan fingerprint density at radius 1 is 1.14 bits per heavy atom. The summed E-state index contributed by atoms with van der Waals surface area (Å²) in [6.07, 6.45) is 0. The molecule has 0 aliphatic rings. The van der Waals surface area contributed by atoms with E-state index in [1.165, 1.54) is 5.56 Å². The van der Waals surface area contributed by atoms with Gasteiger partial charge in [-0.05, 0) is 49.6 Å². The Hall–Kier alpha value is -3.08. The highest BCUT2D eigenvalue weighted by molar-refractivity contribution is 5.92. The fourth-order valence-corrected chi connectivity index (χ4v) is 3.25. The zero-order chi connectivity index (χ0) is 21.0. The van der Waals surface area contributed by atoms with E-state index in [4.69, 9.17) is 9.72 Å². The lowest BCUT2D eigenvalue weighted by atomic mass is 10.0. The van der Waals surface area contributed by atoms with E-state index in [2.05, 4.69) is 42.4 Å². The summed E-state index contributed by atoms with van der Waals surface area (Å²) in [5, 5.41) is 2.96. The van der Waals surface area contributed by atoms with Crippen LogP contribution in [0.4, 0.5) is 0 Å². The molecule has 2 aromatic carbocycles. The van der Waals surface area contributed by atoms with Crippen molar-refractivity contribution in [2.24, 2.45) is 0 Å². The second-order valence-corrected chi connectivity index (χ2v) is 7.66. The van der Waals surface area contributed by atoms with Crippen LogP contribution in [0, 0.1) is 0 Å². The van der Waals surface area contributed by atoms with Crippen LogP contribution < -0.4 is 10.1 Å². The zero-order valence-electron chi connectivity index (χ0n) is 17.6. The molecule has 0 bridgehead atoms. The van der Waals surface area contributed by atoms with Gasteiger partial charge in [-0.1, -0.05) is 44.7 Å². The molecular weight excluding hydrogens is 362 g/mol. The van der Waals surface area contributed by atoms with Crippen molar-refractivity contribution in [2.45, 2.75) is 46.2 Å². The number of hydrogen-bond donors (Lipinski definition) is 1. The maximum absolute atomic E-state index is 12.1. The van der Waals surface area contributed by atoms with Gasteiger partial charge >= 0.3 is 0 Å². The van der Waals surface area contributed by atoms with Crippen LogP contribution in [0.3, 0.4) is 0 Å². The summed E-state index contributed by atoms with van der Waals surface area (Å²) in [6, 6.07) is 16.0. The van der Waals surface area contributed by atoms with Gasteiger partial charge in [0, 0.05) is 5.57 Å². The van der Waals surface area contributed by atoms with Crippen LogP contribution >= 0.6 is 0 Å². The van der Waals surface area contributed by atoms with Crippen LogP contribution in [0.15, 0.2) is 60.7 Å². The summed E-state index contributed by atoms with van der Waals surface area (Å²) >= 11 is 0. The lowest BCUT2D eigenvalue weighted by Gasteiger charge is -2.17. The third-order valence-corrected chi connectivity index (χ3v) is 4.94. The van der Waals surface area contributed by atoms with Gasteiger partial charge in [0.05, 0.1) is 23.6 Å². The summed E-state index contributed by atoms with van der Waals surface area (Å²) in [7, 11) is 0. The number of aromatic nitrogens is 2. The van der Waals surface area contributed by atoms with Crippen LogP contribution in [0.25, 0.3) is 11.0 Å². The highest BCUT2D eigenvalue weighted by Gasteiger charge is 2.18. The number of nitrogens with zero attached hydrogens (tertiary/aromatic N) is 2. The van der Waals surface area contributed by atoms with Gasteiger partial charge in [0.25, 0.3) is 0 Å². The minimum atomic E-state index is -0.239. The standard InChI is InChI=1S/C24H29N3O2/c1-16(2)19-10-12-20(13-11-19)29-15-14-27-22-9-7-6-8-21(22)26-23(27)18(5)25-24(28)17(3)4/h6-13,16,18H,3,14-15H2,1-2,4-5H3,(H,25,28). The molecular formula is C24H29N3O2. The Balaban J connectivity index is 1.76. The highest BCUT2D eigenvalue weighted by Crippen LogP contribution is 2.22. The van der Waals surface area contributed by atoms with E-state index < -0.39 is 0 Å². The predicted molar refractivity (Wildman–Crippen MR) is 117 cm³/mol. The second kappa shape index (κ2) is 8.95. The van der Waals surface area contributed by atoms with Crippen molar-refractivity contribution in [3.8, 4) is 5.75 Å². The summed E-state index contributed by atoms with van der Waals surface area (Å²) in [5.41, 5.74) is 3.70. The first-order valence-electron chi connectivity index (χ1n) is 10.0. The summed E-state index contributed by atoms with van der Waals surface area (Å²) in [6.45, 7) is 12.8. The number of rotatable bonds is 8. The molecule has 3 aromatic rings. The molecule has 0 radical (unpaired) electrons. The first-order chi connectivity index (χ1) is 13.9. The van der Waals surface area contributed by atoms with Crippen molar-refractivity contribution in [1.29, 1.82) is 0 Å². The molecule has 0 saturated carbocycles. The average Bonchev–Trinajstić information content (AvgIpc) is 3.07. The maximum Gasteiger partial charge on any atom is 0.246 e. The molecule has 1 atom stereocenters. The Labute approximate surface area is 172 Å². The van der Waals surface area contributed by atoms with Crippen LogP contribution in [0.2, 0.25) is 0 Å². The van der Waals surface area contributed by atoms with Gasteiger partial charge in [0.15, 0.2) is 0 Å². The van der Waals surface area contributed by atoms with Crippen molar-refractivity contribution in [3.05, 3.63) is 72.1 Å². The molecule has 0 aliphatic heterocycles. The number of amides is 1. The molecule has 1 amide bonds. The number of ether oxygens (including phenoxy) is 1. The molecule has 1 unspecified atom stereocenters. The van der Waals surface area contributed by atoms with Crippen molar-refractivity contribution in [1.82, 2.24) is 14.9 Å². The summed E-state index contributed by atoms with van der Waals surface area (Å²) < 4.78 is 8.08. The molecule has 152 valence electrons. The summed E-state index contributed by atoms with van der Waals surface area (Å²) in [4.78, 5) is 16.8. The molecule has 0 saturated heterocycles. The number of carbonyl (C=O) groups is 1. The minimum Gasteiger partial charge on any atom is -0.492 e. The number of carbonyl (C=O) groups excluding carboxylic acids is 1. The molecule has 5 heteroatoms. The molecule has 1 aromatic heterocycles. The maximum atomic E-state index is 12.1. The number of para-hydroxylation sites is 2. The van der Waals surface area contributed by atoms with Gasteiger partial charge in [-0.2, -0.15) is 0 Å². The molecule has 3 rings (SSSR count). The van der Waals surface area contributed by atoms with Gasteiger partial charge in [-0.25, -0.2) is 4.98 Å². The van der Waals surface area contributed by atoms with E-state index >= 15 is 0 Å². The van der Waals surface area contributed by atoms with E-state index in [0.717, 1.165) is 22.6 Å². The van der Waals surface area contributed by atoms with E-state index in [9.17, 15) is 4.79 Å². The highest BCUT2D eigenvalue weighted by atomic mass is 16.5. The molecule has 0 aliphatic carbocycles. The van der Waals surface area contributed by atoms with Gasteiger partial charge in [0.2, 0.25) is 5.91 Å². The predicted octanol–water partition coefficient (Wildman–Crippen LogP) is 4.99. The number of benzene rings is 2. The normalized spacial score (nSPS) is 12.2. The molecule has 1 heterocycles. The van der Waals surface area contributed by atoms with Crippen molar-refractivity contribution in [2.75, 3.05) is 6.61 Å². The van der Waals surface area contributed by atoms with Crippen molar-refractivity contribution in [3.63, 3.8) is 0 Å². The van der Waals surface area contributed by atoms with Crippen LogP contribution in [0.1, 0.15) is 51.0 Å². The van der Waals surface area contributed by atoms with Crippen LogP contribution in [-0.2, 0) is 11.3 Å². The smallest absolute Gasteiger partial charge is 0.246 e. The molecule has 29 heavy (non-hydrogen) atoms. The van der Waals surface area contributed by atoms with Gasteiger partial charge in [-0.15, -0.1) is 0 Å². The van der Waals surface area contributed by atoms with E-state index in [0.29, 0.717) is 24.6 Å². The Bertz CT molecular complexity index is 1000. The van der Waals surface area contributed by atoms with Gasteiger partial charge < -0.3 is 14.6 Å². The third-order valence-electron chi connectivity index (χ3n) is 4.94. The molecule has 1 N–H and O–H groups in total. The number of imidazole rings is 1. The Kier molecular flexibility index (Phi) is 6.37. The zero-order valence-corrected chi connectivity index (χ0v) is 17.6. The van der Waals surface area contributed by atoms with Crippen molar-refractivity contribution < 1.29 is 9.53 Å². The Morgan fingerprint density at radius 3 is 2.48 bits per heavy atom. The van der Waals surface area contributed by atoms with E-state index in [-0.39, 0.29) is 11.9 Å². The van der Waals surface area contributed by atoms with E-state index in [1.807, 2.05) is 43.3 Å². The lowest BCUT2D eigenvalue weighted by Crippen LogP contribution is -2.29. The van der Waals surface area contributed by atoms with Crippen LogP contribution in [-0.4, -0.2) is 22.1 Å². The quantitative estimate of drug-likeness (QED) is 0.550. The minimum absolute atomic E-state index is 0.169. The fourth-order valence-electron chi connectivity index (χ4n) is 3.25. The summed E-state index contributed by atoms with van der Waals surface area (Å²) in [5.74, 6) is 1.99. The molecule has 0 fully saturated rings. The molecule has 5 nitrogen and oxygen atoms in total. The number of fused-ring (bicyclic) bond motifs is 1. The fraction of sp³-hybridized carbons (Fsp3) is 0.333. The largest absolute Gasteiger partial charge is 0.492 e. The Morgan fingerprint density at radius 2 is 1.83 bits per heavy atom. The SMILES string of the molecule is C=C(C)C(=O)NC(C)c1nc2ccccc2n1CCOc1ccc(C(C)C)cc1. The second-order valence-electron chi connectivity index (χ2n) is 7.66. The first kappa shape index (κ1) is 20.6. The van der Waals surface area contributed by atoms with Crippen molar-refractivity contribution >= 4 is 16.9 Å². The number of hydrogen-bond acceptors (Lipinski definition) is 3. The third kappa shape index (κ3) is 4.86.